The van der Waals surface area contributed by atoms with Crippen molar-refractivity contribution in [1.82, 2.24) is 10.2 Å². The lowest BCUT2D eigenvalue weighted by molar-refractivity contribution is -0.158. The van der Waals surface area contributed by atoms with Gasteiger partial charge in [0.2, 0.25) is 11.8 Å². The smallest absolute Gasteiger partial charge is 0.248 e. The van der Waals surface area contributed by atoms with Crippen LogP contribution in [0.4, 0.5) is 0 Å². The van der Waals surface area contributed by atoms with Crippen LogP contribution in [0.5, 0.6) is 0 Å². The maximum Gasteiger partial charge on any atom is 0.248 e. The first-order valence-corrected chi connectivity index (χ1v) is 8.57. The summed E-state index contributed by atoms with van der Waals surface area (Å²) in [6, 6.07) is -0.0783. The second kappa shape index (κ2) is 6.37. The van der Waals surface area contributed by atoms with Crippen molar-refractivity contribution in [3.63, 3.8) is 0 Å². The number of hydrogen-bond donors (Lipinski definition) is 1. The molecule has 2 amide bonds. The fourth-order valence-corrected chi connectivity index (χ4v) is 4.08. The molecule has 0 aromatic heterocycles. The highest BCUT2D eigenvalue weighted by atomic mass is 16.2. The van der Waals surface area contributed by atoms with Crippen LogP contribution < -0.4 is 5.32 Å². The molecule has 1 aliphatic heterocycles. The van der Waals surface area contributed by atoms with E-state index in [9.17, 15) is 9.59 Å². The zero-order valence-corrected chi connectivity index (χ0v) is 13.9. The van der Waals surface area contributed by atoms with Crippen molar-refractivity contribution >= 4 is 11.8 Å². The average molecular weight is 294 g/mol. The highest BCUT2D eigenvalue weighted by molar-refractivity contribution is 5.99. The number of piperazine rings is 1. The predicted octanol–water partition coefficient (Wildman–Crippen LogP) is 2.86. The van der Waals surface area contributed by atoms with E-state index in [2.05, 4.69) is 12.2 Å². The number of carbonyl (C=O) groups excluding carboxylic acids is 2. The van der Waals surface area contributed by atoms with E-state index in [1.807, 2.05) is 25.7 Å². The topological polar surface area (TPSA) is 49.4 Å². The maximum atomic E-state index is 12.9. The van der Waals surface area contributed by atoms with Gasteiger partial charge in [-0.15, -0.1) is 0 Å². The van der Waals surface area contributed by atoms with Gasteiger partial charge < -0.3 is 10.2 Å². The highest BCUT2D eigenvalue weighted by Gasteiger charge is 2.48. The van der Waals surface area contributed by atoms with E-state index in [4.69, 9.17) is 0 Å². The second-order valence-electron chi connectivity index (χ2n) is 7.12. The molecule has 21 heavy (non-hydrogen) atoms. The molecule has 4 nitrogen and oxygen atoms in total. The Morgan fingerprint density at radius 3 is 2.33 bits per heavy atom. The van der Waals surface area contributed by atoms with Crippen molar-refractivity contribution in [3.8, 4) is 0 Å². The molecule has 0 aromatic rings. The Balaban J connectivity index is 2.29. The minimum absolute atomic E-state index is 0.0105. The molecule has 4 heteroatoms. The van der Waals surface area contributed by atoms with Gasteiger partial charge in [0, 0.05) is 6.04 Å². The number of rotatable bonds is 4. The monoisotopic (exact) mass is 294 g/mol. The fraction of sp³-hybridized carbons (Fsp3) is 0.882. The molecule has 0 radical (unpaired) electrons. The molecule has 2 rings (SSSR count). The van der Waals surface area contributed by atoms with Gasteiger partial charge >= 0.3 is 0 Å². The largest absolute Gasteiger partial charge is 0.340 e. The van der Waals surface area contributed by atoms with Gasteiger partial charge in [0.05, 0.1) is 0 Å². The Hall–Kier alpha value is -1.06. The Morgan fingerprint density at radius 1 is 1.19 bits per heavy atom. The van der Waals surface area contributed by atoms with Gasteiger partial charge in [0.15, 0.2) is 0 Å². The van der Waals surface area contributed by atoms with E-state index in [1.165, 1.54) is 32.1 Å². The van der Waals surface area contributed by atoms with Crippen molar-refractivity contribution in [3.05, 3.63) is 0 Å². The number of nitrogens with zero attached hydrogens (tertiary/aromatic N) is 1. The summed E-state index contributed by atoms with van der Waals surface area (Å²) >= 11 is 0. The standard InChI is InChI=1S/C17H30N2O2/c1-5-13(12-10-8-7-9-11-12)19-14(6-2)15(20)18-17(3,4)16(19)21/h12-14H,5-11H2,1-4H3,(H,18,20). The summed E-state index contributed by atoms with van der Waals surface area (Å²) in [6.45, 7) is 7.79. The van der Waals surface area contributed by atoms with Crippen molar-refractivity contribution < 1.29 is 9.59 Å². The molecule has 1 saturated heterocycles. The van der Waals surface area contributed by atoms with E-state index < -0.39 is 5.54 Å². The van der Waals surface area contributed by atoms with Crippen molar-refractivity contribution in [2.45, 2.75) is 90.3 Å². The van der Waals surface area contributed by atoms with Crippen LogP contribution in [-0.4, -0.2) is 34.3 Å². The number of nitrogens with one attached hydrogen (secondary N) is 1. The van der Waals surface area contributed by atoms with Gasteiger partial charge in [0.1, 0.15) is 11.6 Å². The molecule has 2 atom stereocenters. The van der Waals surface area contributed by atoms with Crippen LogP contribution in [0.2, 0.25) is 0 Å². The van der Waals surface area contributed by atoms with Crippen molar-refractivity contribution in [2.24, 2.45) is 5.92 Å². The molecule has 2 fully saturated rings. The number of amides is 2. The third kappa shape index (κ3) is 3.09. The summed E-state index contributed by atoms with van der Waals surface area (Å²) in [5, 5.41) is 2.89. The first kappa shape index (κ1) is 16.3. The lowest BCUT2D eigenvalue weighted by Gasteiger charge is -2.48. The van der Waals surface area contributed by atoms with Crippen LogP contribution in [0.15, 0.2) is 0 Å². The van der Waals surface area contributed by atoms with E-state index >= 15 is 0 Å². The van der Waals surface area contributed by atoms with Gasteiger partial charge in [0.25, 0.3) is 0 Å². The maximum absolute atomic E-state index is 12.9. The van der Waals surface area contributed by atoms with Crippen LogP contribution in [0.25, 0.3) is 0 Å². The third-order valence-electron chi connectivity index (χ3n) is 5.20. The summed E-state index contributed by atoms with van der Waals surface area (Å²) < 4.78 is 0. The predicted molar refractivity (Wildman–Crippen MR) is 83.8 cm³/mol. The lowest BCUT2D eigenvalue weighted by Crippen LogP contribution is -2.70. The SMILES string of the molecule is CCC1C(=O)NC(C)(C)C(=O)N1C(CC)C1CCCCC1. The van der Waals surface area contributed by atoms with Gasteiger partial charge in [-0.25, -0.2) is 0 Å². The first-order valence-electron chi connectivity index (χ1n) is 8.57. The first-order chi connectivity index (χ1) is 9.92. The van der Waals surface area contributed by atoms with Gasteiger partial charge in [-0.3, -0.25) is 9.59 Å². The van der Waals surface area contributed by atoms with Crippen LogP contribution in [0.1, 0.15) is 72.6 Å². The molecule has 0 spiro atoms. The lowest BCUT2D eigenvalue weighted by atomic mass is 9.80. The molecule has 0 aromatic carbocycles. The zero-order valence-electron chi connectivity index (χ0n) is 13.9. The summed E-state index contributed by atoms with van der Waals surface area (Å²) in [4.78, 5) is 27.3. The molecule has 1 aliphatic carbocycles. The summed E-state index contributed by atoms with van der Waals surface area (Å²) in [6.07, 6.45) is 7.85. The molecular weight excluding hydrogens is 264 g/mol. The Bertz CT molecular complexity index is 400. The molecular formula is C17H30N2O2. The van der Waals surface area contributed by atoms with E-state index in [0.29, 0.717) is 12.3 Å². The molecule has 0 bridgehead atoms. The number of carbonyl (C=O) groups is 2. The van der Waals surface area contributed by atoms with Crippen LogP contribution in [0, 0.1) is 5.92 Å². The zero-order chi connectivity index (χ0) is 15.6. The van der Waals surface area contributed by atoms with Crippen LogP contribution >= 0.6 is 0 Å². The molecule has 1 heterocycles. The molecule has 120 valence electrons. The summed E-state index contributed by atoms with van der Waals surface area (Å²) in [5.74, 6) is 0.659. The Morgan fingerprint density at radius 2 is 1.81 bits per heavy atom. The molecule has 2 aliphatic rings. The van der Waals surface area contributed by atoms with Gasteiger partial charge in [-0.05, 0) is 45.4 Å². The Kier molecular flexibility index (Phi) is 4.95. The Labute approximate surface area is 128 Å². The second-order valence-corrected chi connectivity index (χ2v) is 7.12. The molecule has 1 N–H and O–H groups in total. The fourth-order valence-electron chi connectivity index (χ4n) is 4.08. The van der Waals surface area contributed by atoms with E-state index in [0.717, 1.165) is 6.42 Å². The van der Waals surface area contributed by atoms with Crippen LogP contribution in [-0.2, 0) is 9.59 Å². The van der Waals surface area contributed by atoms with E-state index in [-0.39, 0.29) is 23.9 Å². The quantitative estimate of drug-likeness (QED) is 0.866. The van der Waals surface area contributed by atoms with Crippen molar-refractivity contribution in [1.29, 1.82) is 0 Å². The minimum Gasteiger partial charge on any atom is -0.340 e. The molecule has 2 unspecified atom stereocenters. The van der Waals surface area contributed by atoms with Crippen molar-refractivity contribution in [2.75, 3.05) is 0 Å². The third-order valence-corrected chi connectivity index (χ3v) is 5.20. The van der Waals surface area contributed by atoms with Crippen LogP contribution in [0.3, 0.4) is 0 Å². The summed E-state index contributed by atoms with van der Waals surface area (Å²) in [7, 11) is 0. The van der Waals surface area contributed by atoms with Gasteiger partial charge in [-0.1, -0.05) is 33.1 Å². The highest BCUT2D eigenvalue weighted by Crippen LogP contribution is 2.34. The minimum atomic E-state index is -0.773. The van der Waals surface area contributed by atoms with E-state index in [1.54, 1.807) is 0 Å². The van der Waals surface area contributed by atoms with Gasteiger partial charge in [-0.2, -0.15) is 0 Å². The number of hydrogen-bond acceptors (Lipinski definition) is 2. The normalized spacial score (nSPS) is 28.4. The average Bonchev–Trinajstić information content (AvgIpc) is 2.46. The molecule has 1 saturated carbocycles. The summed E-state index contributed by atoms with van der Waals surface area (Å²) in [5.41, 5.74) is -0.773.